The van der Waals surface area contributed by atoms with Gasteiger partial charge in [0.05, 0.1) is 33.5 Å². The minimum Gasteiger partial charge on any atom is -0.487 e. The van der Waals surface area contributed by atoms with E-state index in [9.17, 15) is 14.9 Å². The minimum atomic E-state index is -0.474. The van der Waals surface area contributed by atoms with Crippen LogP contribution in [0.4, 0.5) is 5.69 Å². The quantitative estimate of drug-likeness (QED) is 0.119. The SMILES string of the molecule is CCOc1ccc(-c2cc(/C=C3/SC(=S)N(CCCOC)C3=O)n(-c3ccccc3)n2)cc1[N+](=O)[O-]. The Morgan fingerprint density at radius 3 is 2.67 bits per heavy atom. The summed E-state index contributed by atoms with van der Waals surface area (Å²) in [6, 6.07) is 16.0. The summed E-state index contributed by atoms with van der Waals surface area (Å²) in [6.45, 7) is 3.10. The monoisotopic (exact) mass is 524 g/mol. The van der Waals surface area contributed by atoms with Crippen molar-refractivity contribution in [2.45, 2.75) is 13.3 Å². The number of para-hydroxylation sites is 1. The lowest BCUT2D eigenvalue weighted by Crippen LogP contribution is -2.29. The highest BCUT2D eigenvalue weighted by molar-refractivity contribution is 8.26. The molecule has 36 heavy (non-hydrogen) atoms. The third kappa shape index (κ3) is 5.48. The van der Waals surface area contributed by atoms with Gasteiger partial charge < -0.3 is 9.47 Å². The Balaban J connectivity index is 1.75. The number of aromatic nitrogens is 2. The van der Waals surface area contributed by atoms with Gasteiger partial charge in [-0.15, -0.1) is 0 Å². The summed E-state index contributed by atoms with van der Waals surface area (Å²) in [7, 11) is 1.62. The van der Waals surface area contributed by atoms with Gasteiger partial charge in [-0.3, -0.25) is 19.8 Å². The van der Waals surface area contributed by atoms with Crippen molar-refractivity contribution < 1.29 is 19.2 Å². The van der Waals surface area contributed by atoms with E-state index in [1.165, 1.54) is 17.8 Å². The van der Waals surface area contributed by atoms with Gasteiger partial charge in [0.1, 0.15) is 4.32 Å². The maximum absolute atomic E-state index is 13.0. The number of nitro benzene ring substituents is 1. The predicted octanol–water partition coefficient (Wildman–Crippen LogP) is 5.08. The number of thiocarbonyl (C=S) groups is 1. The molecule has 4 rings (SSSR count). The third-order valence-electron chi connectivity index (χ3n) is 5.37. The fourth-order valence-corrected chi connectivity index (χ4v) is 5.00. The lowest BCUT2D eigenvalue weighted by molar-refractivity contribution is -0.385. The molecule has 1 saturated heterocycles. The Morgan fingerprint density at radius 2 is 1.97 bits per heavy atom. The summed E-state index contributed by atoms with van der Waals surface area (Å²) in [6.07, 6.45) is 2.43. The molecular formula is C25H24N4O5S2. The zero-order valence-corrected chi connectivity index (χ0v) is 21.4. The summed E-state index contributed by atoms with van der Waals surface area (Å²) < 4.78 is 12.7. The van der Waals surface area contributed by atoms with Crippen LogP contribution in [0.3, 0.4) is 0 Å². The second-order valence-electron chi connectivity index (χ2n) is 7.75. The zero-order chi connectivity index (χ0) is 25.7. The van der Waals surface area contributed by atoms with Crippen LogP contribution in [-0.2, 0) is 9.53 Å². The fourth-order valence-electron chi connectivity index (χ4n) is 3.71. The highest BCUT2D eigenvalue weighted by Gasteiger charge is 2.32. The van der Waals surface area contributed by atoms with Gasteiger partial charge in [-0.1, -0.05) is 42.2 Å². The number of carbonyl (C=O) groups excluding carboxylic acids is 1. The number of nitro groups is 1. The van der Waals surface area contributed by atoms with Gasteiger partial charge in [0.15, 0.2) is 5.75 Å². The maximum atomic E-state index is 13.0. The molecule has 2 heterocycles. The number of thioether (sulfide) groups is 1. The first-order valence-corrected chi connectivity index (χ1v) is 12.5. The van der Waals surface area contributed by atoms with Crippen LogP contribution in [0, 0.1) is 10.1 Å². The molecule has 0 aliphatic carbocycles. The molecule has 1 aliphatic rings. The highest BCUT2D eigenvalue weighted by atomic mass is 32.2. The minimum absolute atomic E-state index is 0.137. The molecule has 0 spiro atoms. The van der Waals surface area contributed by atoms with Gasteiger partial charge in [0.25, 0.3) is 5.91 Å². The van der Waals surface area contributed by atoms with Crippen LogP contribution in [0.25, 0.3) is 23.0 Å². The van der Waals surface area contributed by atoms with E-state index in [-0.39, 0.29) is 17.3 Å². The first-order valence-electron chi connectivity index (χ1n) is 11.2. The number of methoxy groups -OCH3 is 1. The van der Waals surface area contributed by atoms with E-state index >= 15 is 0 Å². The molecule has 0 unspecified atom stereocenters. The molecule has 1 aliphatic heterocycles. The molecule has 186 valence electrons. The number of rotatable bonds is 10. The van der Waals surface area contributed by atoms with E-state index in [0.717, 1.165) is 5.69 Å². The maximum Gasteiger partial charge on any atom is 0.311 e. The van der Waals surface area contributed by atoms with Crippen molar-refractivity contribution in [3.8, 4) is 22.7 Å². The van der Waals surface area contributed by atoms with Gasteiger partial charge in [0, 0.05) is 31.9 Å². The number of nitrogens with zero attached hydrogens (tertiary/aromatic N) is 4. The van der Waals surface area contributed by atoms with Crippen molar-refractivity contribution in [2.24, 2.45) is 0 Å². The summed E-state index contributed by atoms with van der Waals surface area (Å²) in [4.78, 5) is 26.3. The van der Waals surface area contributed by atoms with Crippen LogP contribution >= 0.6 is 24.0 Å². The molecule has 0 atom stereocenters. The Labute approximate surface area is 217 Å². The molecule has 3 aromatic rings. The van der Waals surface area contributed by atoms with Crippen LogP contribution in [0.5, 0.6) is 5.75 Å². The molecular weight excluding hydrogens is 500 g/mol. The van der Waals surface area contributed by atoms with E-state index in [4.69, 9.17) is 26.8 Å². The second-order valence-corrected chi connectivity index (χ2v) is 9.43. The Morgan fingerprint density at radius 1 is 1.19 bits per heavy atom. The Hall–Kier alpha value is -3.54. The van der Waals surface area contributed by atoms with Crippen LogP contribution in [0.15, 0.2) is 59.5 Å². The summed E-state index contributed by atoms with van der Waals surface area (Å²) in [5, 5.41) is 16.3. The molecule has 0 bridgehead atoms. The average molecular weight is 525 g/mol. The Kier molecular flexibility index (Phi) is 8.14. The first kappa shape index (κ1) is 25.5. The molecule has 0 radical (unpaired) electrons. The van der Waals surface area contributed by atoms with E-state index in [1.807, 2.05) is 30.3 Å². The van der Waals surface area contributed by atoms with Crippen LogP contribution < -0.4 is 4.74 Å². The lowest BCUT2D eigenvalue weighted by atomic mass is 10.1. The van der Waals surface area contributed by atoms with E-state index in [2.05, 4.69) is 0 Å². The fraction of sp³-hybridized carbons (Fsp3) is 0.240. The number of amides is 1. The van der Waals surface area contributed by atoms with Gasteiger partial charge in [0.2, 0.25) is 0 Å². The summed E-state index contributed by atoms with van der Waals surface area (Å²) >= 11 is 6.67. The molecule has 1 aromatic heterocycles. The van der Waals surface area contributed by atoms with Gasteiger partial charge in [-0.25, -0.2) is 4.68 Å². The number of benzene rings is 2. The van der Waals surface area contributed by atoms with Crippen molar-refractivity contribution in [3.63, 3.8) is 0 Å². The average Bonchev–Trinajstić information content (AvgIpc) is 3.41. The lowest BCUT2D eigenvalue weighted by Gasteiger charge is -2.13. The van der Waals surface area contributed by atoms with E-state index < -0.39 is 4.92 Å². The molecule has 0 saturated carbocycles. The predicted molar refractivity (Wildman–Crippen MR) is 143 cm³/mol. The van der Waals surface area contributed by atoms with Crippen LogP contribution in [-0.4, -0.2) is 56.7 Å². The highest BCUT2D eigenvalue weighted by Crippen LogP contribution is 2.35. The number of ether oxygens (including phenoxy) is 2. The molecule has 1 fully saturated rings. The third-order valence-corrected chi connectivity index (χ3v) is 6.75. The number of hydrogen-bond donors (Lipinski definition) is 0. The molecule has 9 nitrogen and oxygen atoms in total. The molecule has 0 N–H and O–H groups in total. The van der Waals surface area contributed by atoms with Gasteiger partial charge >= 0.3 is 5.69 Å². The Bertz CT molecular complexity index is 1320. The summed E-state index contributed by atoms with van der Waals surface area (Å²) in [5.74, 6) is 0.0336. The zero-order valence-electron chi connectivity index (χ0n) is 19.7. The molecule has 2 aromatic carbocycles. The van der Waals surface area contributed by atoms with Gasteiger partial charge in [-0.05, 0) is 49.8 Å². The topological polar surface area (TPSA) is 99.7 Å². The van der Waals surface area contributed by atoms with Gasteiger partial charge in [-0.2, -0.15) is 5.10 Å². The van der Waals surface area contributed by atoms with Crippen molar-refractivity contribution in [2.75, 3.05) is 26.9 Å². The largest absolute Gasteiger partial charge is 0.487 e. The van der Waals surface area contributed by atoms with Crippen molar-refractivity contribution in [1.82, 2.24) is 14.7 Å². The smallest absolute Gasteiger partial charge is 0.311 e. The van der Waals surface area contributed by atoms with Crippen molar-refractivity contribution in [1.29, 1.82) is 0 Å². The van der Waals surface area contributed by atoms with Crippen molar-refractivity contribution in [3.05, 3.63) is 75.3 Å². The second kappa shape index (κ2) is 11.5. The van der Waals surface area contributed by atoms with E-state index in [1.54, 1.807) is 47.9 Å². The van der Waals surface area contributed by atoms with Crippen molar-refractivity contribution >= 4 is 46.0 Å². The van der Waals surface area contributed by atoms with Crippen LogP contribution in [0.1, 0.15) is 19.0 Å². The number of carbonyl (C=O) groups is 1. The normalized spacial score (nSPS) is 14.6. The standard InChI is InChI=1S/C25H24N4O5S2/c1-3-34-22-11-10-17(14-21(22)29(31)32)20-15-19(28(26-20)18-8-5-4-6-9-18)16-23-24(30)27(25(35)36-23)12-7-13-33-2/h4-6,8-11,14-16H,3,7,12-13H2,1-2H3/b23-16+. The molecule has 1 amide bonds. The summed E-state index contributed by atoms with van der Waals surface area (Å²) in [5.41, 5.74) is 2.37. The number of hydrogen-bond acceptors (Lipinski definition) is 8. The van der Waals surface area contributed by atoms with Crippen LogP contribution in [0.2, 0.25) is 0 Å². The van der Waals surface area contributed by atoms with E-state index in [0.29, 0.717) is 52.4 Å². The first-order chi connectivity index (χ1) is 17.4. The molecule has 11 heteroatoms.